The Morgan fingerprint density at radius 1 is 1.18 bits per heavy atom. The number of para-hydroxylation sites is 2. The summed E-state index contributed by atoms with van der Waals surface area (Å²) >= 11 is 6.19. The van der Waals surface area contributed by atoms with E-state index in [1.165, 1.54) is 17.4 Å². The SMILES string of the molecule is Cn1c(=O)c(C#N)c(N2CCC(N(CC3CC3)c3ccccc3O)CC2)c2nc(Cl)ccc21. The summed E-state index contributed by atoms with van der Waals surface area (Å²) in [4.78, 5) is 21.8. The number of hydrogen-bond donors (Lipinski definition) is 1. The van der Waals surface area contributed by atoms with Gasteiger partial charge in [-0.15, -0.1) is 0 Å². The van der Waals surface area contributed by atoms with Crippen molar-refractivity contribution in [3.8, 4) is 11.8 Å². The second-order valence-corrected chi connectivity index (χ2v) is 9.39. The number of nitriles is 1. The van der Waals surface area contributed by atoms with Crippen molar-refractivity contribution in [2.24, 2.45) is 13.0 Å². The summed E-state index contributed by atoms with van der Waals surface area (Å²) in [5, 5.41) is 20.6. The molecule has 0 spiro atoms. The van der Waals surface area contributed by atoms with Gasteiger partial charge in [-0.25, -0.2) is 4.98 Å². The fourth-order valence-electron chi connectivity index (χ4n) is 4.91. The lowest BCUT2D eigenvalue weighted by Gasteiger charge is -2.41. The van der Waals surface area contributed by atoms with Crippen LogP contribution in [0.25, 0.3) is 11.0 Å². The number of nitrogens with zero attached hydrogens (tertiary/aromatic N) is 5. The molecule has 170 valence electrons. The summed E-state index contributed by atoms with van der Waals surface area (Å²) in [6.07, 6.45) is 4.17. The highest BCUT2D eigenvalue weighted by Gasteiger charge is 2.33. The Bertz CT molecular complexity index is 1300. The maximum absolute atomic E-state index is 12.9. The lowest BCUT2D eigenvalue weighted by atomic mass is 9.99. The van der Waals surface area contributed by atoms with Crippen molar-refractivity contribution in [3.63, 3.8) is 0 Å². The fraction of sp³-hybridized carbons (Fsp3) is 0.400. The second-order valence-electron chi connectivity index (χ2n) is 9.00. The minimum absolute atomic E-state index is 0.105. The van der Waals surface area contributed by atoms with Gasteiger partial charge in [0.25, 0.3) is 5.56 Å². The molecule has 1 saturated heterocycles. The van der Waals surface area contributed by atoms with Crippen molar-refractivity contribution in [3.05, 3.63) is 57.5 Å². The van der Waals surface area contributed by atoms with Crippen LogP contribution in [0.4, 0.5) is 11.4 Å². The van der Waals surface area contributed by atoms with Gasteiger partial charge < -0.3 is 19.5 Å². The molecule has 1 aliphatic heterocycles. The molecule has 0 radical (unpaired) electrons. The molecule has 33 heavy (non-hydrogen) atoms. The highest BCUT2D eigenvalue weighted by atomic mass is 35.5. The van der Waals surface area contributed by atoms with Gasteiger partial charge in [-0.05, 0) is 55.9 Å². The van der Waals surface area contributed by atoms with Crippen molar-refractivity contribution in [1.82, 2.24) is 9.55 Å². The van der Waals surface area contributed by atoms with Gasteiger partial charge in [0.2, 0.25) is 0 Å². The molecule has 1 N–H and O–H groups in total. The molecule has 7 nitrogen and oxygen atoms in total. The molecule has 0 amide bonds. The summed E-state index contributed by atoms with van der Waals surface area (Å²) in [6, 6.07) is 13.4. The highest BCUT2D eigenvalue weighted by molar-refractivity contribution is 6.29. The van der Waals surface area contributed by atoms with Gasteiger partial charge in [-0.2, -0.15) is 5.26 Å². The van der Waals surface area contributed by atoms with Crippen LogP contribution in [0.2, 0.25) is 5.15 Å². The number of aromatic nitrogens is 2. The first-order valence-corrected chi connectivity index (χ1v) is 11.7. The number of rotatable bonds is 5. The molecule has 0 unspecified atom stereocenters. The van der Waals surface area contributed by atoms with E-state index in [2.05, 4.69) is 20.9 Å². The van der Waals surface area contributed by atoms with E-state index < -0.39 is 0 Å². The van der Waals surface area contributed by atoms with E-state index in [-0.39, 0.29) is 17.2 Å². The Hall–Kier alpha value is -3.24. The number of phenols is 1. The minimum Gasteiger partial charge on any atom is -0.506 e. The number of anilines is 2. The molecule has 2 fully saturated rings. The minimum atomic E-state index is -0.323. The molecule has 8 heteroatoms. The van der Waals surface area contributed by atoms with Gasteiger partial charge in [0.15, 0.2) is 0 Å². The Kier molecular flexibility index (Phi) is 5.63. The number of benzene rings is 1. The van der Waals surface area contributed by atoms with Crippen LogP contribution in [0, 0.1) is 17.2 Å². The van der Waals surface area contributed by atoms with Gasteiger partial charge in [-0.3, -0.25) is 4.79 Å². The average Bonchev–Trinajstić information content (AvgIpc) is 3.65. The first-order valence-electron chi connectivity index (χ1n) is 11.4. The molecule has 2 aromatic heterocycles. The van der Waals surface area contributed by atoms with Gasteiger partial charge >= 0.3 is 0 Å². The summed E-state index contributed by atoms with van der Waals surface area (Å²) in [7, 11) is 1.65. The van der Waals surface area contributed by atoms with E-state index >= 15 is 0 Å². The second kappa shape index (κ2) is 8.60. The third kappa shape index (κ3) is 4.00. The maximum Gasteiger partial charge on any atom is 0.270 e. The van der Waals surface area contributed by atoms with Gasteiger partial charge in [0.1, 0.15) is 28.1 Å². The van der Waals surface area contributed by atoms with E-state index in [1.54, 1.807) is 25.2 Å². The summed E-state index contributed by atoms with van der Waals surface area (Å²) in [6.45, 7) is 2.31. The molecule has 1 saturated carbocycles. The number of halogens is 1. The summed E-state index contributed by atoms with van der Waals surface area (Å²) in [5.41, 5.74) is 2.48. The van der Waals surface area contributed by atoms with E-state index in [4.69, 9.17) is 11.6 Å². The van der Waals surface area contributed by atoms with Gasteiger partial charge in [-0.1, -0.05) is 23.7 Å². The topological polar surface area (TPSA) is 85.4 Å². The smallest absolute Gasteiger partial charge is 0.270 e. The van der Waals surface area contributed by atoms with Crippen LogP contribution in [0.15, 0.2) is 41.2 Å². The van der Waals surface area contributed by atoms with Crippen molar-refractivity contribution in [2.75, 3.05) is 29.4 Å². The third-order valence-corrected chi connectivity index (χ3v) is 7.07. The van der Waals surface area contributed by atoms with Crippen LogP contribution in [0.3, 0.4) is 0 Å². The van der Waals surface area contributed by atoms with Gasteiger partial charge in [0.05, 0.1) is 16.9 Å². The van der Waals surface area contributed by atoms with Crippen LogP contribution < -0.4 is 15.4 Å². The summed E-state index contributed by atoms with van der Waals surface area (Å²) in [5.74, 6) is 0.990. The van der Waals surface area contributed by atoms with Crippen LogP contribution in [-0.2, 0) is 7.05 Å². The molecular formula is C25H26ClN5O2. The lowest BCUT2D eigenvalue weighted by Crippen LogP contribution is -2.46. The number of aromatic hydroxyl groups is 1. The summed E-state index contributed by atoms with van der Waals surface area (Å²) < 4.78 is 1.46. The number of pyridine rings is 2. The van der Waals surface area contributed by atoms with Crippen molar-refractivity contribution < 1.29 is 5.11 Å². The Labute approximate surface area is 197 Å². The van der Waals surface area contributed by atoms with Crippen molar-refractivity contribution >= 4 is 34.0 Å². The monoisotopic (exact) mass is 463 g/mol. The Balaban J connectivity index is 1.47. The van der Waals surface area contributed by atoms with E-state index in [9.17, 15) is 15.2 Å². The number of piperidine rings is 1. The van der Waals surface area contributed by atoms with Crippen LogP contribution in [-0.4, -0.2) is 40.3 Å². The highest BCUT2D eigenvalue weighted by Crippen LogP contribution is 2.38. The first kappa shape index (κ1) is 21.6. The van der Waals surface area contributed by atoms with Crippen molar-refractivity contribution in [1.29, 1.82) is 5.26 Å². The molecule has 0 atom stereocenters. The predicted octanol–water partition coefficient (Wildman–Crippen LogP) is 4.05. The van der Waals surface area contributed by atoms with E-state index in [1.807, 2.05) is 18.2 Å². The van der Waals surface area contributed by atoms with Crippen molar-refractivity contribution in [2.45, 2.75) is 31.7 Å². The lowest BCUT2D eigenvalue weighted by molar-refractivity contribution is 0.440. The molecule has 1 aliphatic carbocycles. The average molecular weight is 464 g/mol. The van der Waals surface area contributed by atoms with Crippen LogP contribution in [0.1, 0.15) is 31.2 Å². The largest absolute Gasteiger partial charge is 0.506 e. The molecule has 3 aromatic rings. The first-order chi connectivity index (χ1) is 16.0. The standard InChI is InChI=1S/C25H26ClN5O2/c1-29-20-8-9-22(26)28-23(20)24(18(14-27)25(29)33)30-12-10-17(11-13-30)31(15-16-6-7-16)19-4-2-3-5-21(19)32/h2-5,8-9,16-17,32H,6-7,10-13,15H2,1H3. The number of phenolic OH excluding ortho intramolecular Hbond substituents is 1. The van der Waals surface area contributed by atoms with E-state index in [0.29, 0.717) is 46.6 Å². The Morgan fingerprint density at radius 3 is 2.58 bits per heavy atom. The molecule has 1 aromatic carbocycles. The number of fused-ring (bicyclic) bond motifs is 1. The predicted molar refractivity (Wildman–Crippen MR) is 130 cm³/mol. The number of hydrogen-bond acceptors (Lipinski definition) is 6. The van der Waals surface area contributed by atoms with Gasteiger partial charge in [0, 0.05) is 32.7 Å². The molecule has 2 aliphatic rings. The molecule has 3 heterocycles. The quantitative estimate of drug-likeness (QED) is 0.574. The van der Waals surface area contributed by atoms with Crippen LogP contribution in [0.5, 0.6) is 5.75 Å². The fourth-order valence-corrected chi connectivity index (χ4v) is 5.06. The third-order valence-electron chi connectivity index (χ3n) is 6.86. The van der Waals surface area contributed by atoms with Crippen LogP contribution >= 0.6 is 11.6 Å². The Morgan fingerprint density at radius 2 is 1.91 bits per heavy atom. The maximum atomic E-state index is 12.9. The number of aryl methyl sites for hydroxylation is 1. The van der Waals surface area contributed by atoms with E-state index in [0.717, 1.165) is 25.1 Å². The zero-order chi connectivity index (χ0) is 23.1. The molecule has 5 rings (SSSR count). The molecular weight excluding hydrogens is 438 g/mol. The molecule has 0 bridgehead atoms. The zero-order valence-corrected chi connectivity index (χ0v) is 19.3. The zero-order valence-electron chi connectivity index (χ0n) is 18.5. The normalized spacial score (nSPS) is 16.7.